The highest BCUT2D eigenvalue weighted by atomic mass is 16.4. The molecule has 1 rings (SSSR count). The molecule has 0 bridgehead atoms. The molecule has 1 aliphatic rings. The Labute approximate surface area is 78.8 Å². The molecule has 3 nitrogen and oxygen atoms in total. The fourth-order valence-corrected chi connectivity index (χ4v) is 1.85. The minimum atomic E-state index is -0.182. The van der Waals surface area contributed by atoms with Gasteiger partial charge in [0.15, 0.2) is 0 Å². The number of nitrogens with zero attached hydrogens (tertiary/aromatic N) is 1. The van der Waals surface area contributed by atoms with Crippen LogP contribution in [0.25, 0.3) is 0 Å². The van der Waals surface area contributed by atoms with Crippen molar-refractivity contribution in [3.8, 4) is 0 Å². The number of oxime groups is 1. The van der Waals surface area contributed by atoms with Gasteiger partial charge in [-0.15, -0.1) is 0 Å². The van der Waals surface area contributed by atoms with Gasteiger partial charge >= 0.3 is 0 Å². The fourth-order valence-electron chi connectivity index (χ4n) is 1.85. The standard InChI is InChI=1S/C10H17NO2/c1-8(11-13)10(2)6-4-3-5-9(10)7-12/h3-4,9,12-13H,5-7H2,1-2H3/b11-8+. The van der Waals surface area contributed by atoms with Gasteiger partial charge in [-0.1, -0.05) is 24.2 Å². The first kappa shape index (κ1) is 10.3. The summed E-state index contributed by atoms with van der Waals surface area (Å²) in [6.07, 6.45) is 5.86. The molecule has 2 atom stereocenters. The Morgan fingerprint density at radius 3 is 2.85 bits per heavy atom. The second-order valence-corrected chi connectivity index (χ2v) is 3.89. The summed E-state index contributed by atoms with van der Waals surface area (Å²) in [7, 11) is 0. The zero-order chi connectivity index (χ0) is 9.90. The molecule has 74 valence electrons. The van der Waals surface area contributed by atoms with Gasteiger partial charge in [0.25, 0.3) is 0 Å². The highest BCUT2D eigenvalue weighted by Crippen LogP contribution is 2.38. The highest BCUT2D eigenvalue weighted by Gasteiger charge is 2.37. The molecule has 1 aliphatic carbocycles. The van der Waals surface area contributed by atoms with E-state index in [9.17, 15) is 5.11 Å². The first-order valence-corrected chi connectivity index (χ1v) is 4.60. The van der Waals surface area contributed by atoms with Crippen molar-refractivity contribution >= 4 is 5.71 Å². The fraction of sp³-hybridized carbons (Fsp3) is 0.700. The van der Waals surface area contributed by atoms with Crippen LogP contribution >= 0.6 is 0 Å². The maximum atomic E-state index is 9.20. The molecule has 0 radical (unpaired) electrons. The Morgan fingerprint density at radius 2 is 2.31 bits per heavy atom. The molecule has 3 heteroatoms. The van der Waals surface area contributed by atoms with Crippen LogP contribution in [0.15, 0.2) is 17.3 Å². The predicted molar refractivity (Wildman–Crippen MR) is 52.0 cm³/mol. The molecule has 0 saturated carbocycles. The molecule has 0 saturated heterocycles. The maximum absolute atomic E-state index is 9.20. The van der Waals surface area contributed by atoms with E-state index in [1.807, 2.05) is 13.8 Å². The Morgan fingerprint density at radius 1 is 1.62 bits per heavy atom. The van der Waals surface area contributed by atoms with E-state index in [1.165, 1.54) is 0 Å². The number of hydrogen-bond acceptors (Lipinski definition) is 3. The third kappa shape index (κ3) is 1.75. The third-order valence-corrected chi connectivity index (χ3v) is 3.23. The Balaban J connectivity index is 2.91. The summed E-state index contributed by atoms with van der Waals surface area (Å²) in [4.78, 5) is 0. The molecule has 0 aromatic rings. The van der Waals surface area contributed by atoms with Crippen molar-refractivity contribution in [2.75, 3.05) is 6.61 Å². The molecule has 2 N–H and O–H groups in total. The van der Waals surface area contributed by atoms with E-state index in [2.05, 4.69) is 17.3 Å². The van der Waals surface area contributed by atoms with Gasteiger partial charge in [-0.25, -0.2) is 0 Å². The molecule has 0 aliphatic heterocycles. The lowest BCUT2D eigenvalue weighted by molar-refractivity contribution is 0.144. The van der Waals surface area contributed by atoms with Crippen molar-refractivity contribution in [2.45, 2.75) is 26.7 Å². The molecule has 0 heterocycles. The van der Waals surface area contributed by atoms with Crippen molar-refractivity contribution < 1.29 is 10.3 Å². The number of aliphatic hydroxyl groups is 1. The summed E-state index contributed by atoms with van der Waals surface area (Å²) in [6.45, 7) is 3.99. The summed E-state index contributed by atoms with van der Waals surface area (Å²) >= 11 is 0. The van der Waals surface area contributed by atoms with Crippen LogP contribution in [0.3, 0.4) is 0 Å². The maximum Gasteiger partial charge on any atom is 0.0605 e. The molecule has 0 aromatic heterocycles. The van der Waals surface area contributed by atoms with Crippen LogP contribution in [0.4, 0.5) is 0 Å². The van der Waals surface area contributed by atoms with E-state index in [-0.39, 0.29) is 17.9 Å². The van der Waals surface area contributed by atoms with Crippen LogP contribution in [0.2, 0.25) is 0 Å². The van der Waals surface area contributed by atoms with Gasteiger partial charge in [0.1, 0.15) is 0 Å². The van der Waals surface area contributed by atoms with E-state index in [0.29, 0.717) is 5.71 Å². The average Bonchev–Trinajstić information content (AvgIpc) is 2.17. The minimum absolute atomic E-state index is 0.147. The minimum Gasteiger partial charge on any atom is -0.411 e. The Bertz CT molecular complexity index is 235. The first-order valence-electron chi connectivity index (χ1n) is 4.60. The van der Waals surface area contributed by atoms with E-state index in [4.69, 9.17) is 5.21 Å². The third-order valence-electron chi connectivity index (χ3n) is 3.23. The van der Waals surface area contributed by atoms with Gasteiger partial charge < -0.3 is 10.3 Å². The molecule has 2 unspecified atom stereocenters. The van der Waals surface area contributed by atoms with Crippen molar-refractivity contribution in [1.29, 1.82) is 0 Å². The SMILES string of the molecule is C/C(=N\O)C1(C)CC=CCC1CO. The first-order chi connectivity index (χ1) is 6.15. The number of rotatable bonds is 2. The number of aliphatic hydroxyl groups excluding tert-OH is 1. The van der Waals surface area contributed by atoms with Crippen molar-refractivity contribution in [2.24, 2.45) is 16.5 Å². The predicted octanol–water partition coefficient (Wildman–Crippen LogP) is 1.80. The average molecular weight is 183 g/mol. The van der Waals surface area contributed by atoms with E-state index in [1.54, 1.807) is 0 Å². The second kappa shape index (κ2) is 3.92. The molecule has 0 aromatic carbocycles. The second-order valence-electron chi connectivity index (χ2n) is 3.89. The van der Waals surface area contributed by atoms with Gasteiger partial charge in [-0.3, -0.25) is 0 Å². The summed E-state index contributed by atoms with van der Waals surface area (Å²) in [6, 6.07) is 0. The van der Waals surface area contributed by atoms with Crippen LogP contribution in [-0.4, -0.2) is 22.6 Å². The van der Waals surface area contributed by atoms with Crippen LogP contribution in [0.5, 0.6) is 0 Å². The Kier molecular flexibility index (Phi) is 3.09. The lowest BCUT2D eigenvalue weighted by atomic mass is 9.68. The van der Waals surface area contributed by atoms with E-state index in [0.717, 1.165) is 12.8 Å². The van der Waals surface area contributed by atoms with E-state index >= 15 is 0 Å². The van der Waals surface area contributed by atoms with Crippen LogP contribution in [0.1, 0.15) is 26.7 Å². The Hall–Kier alpha value is -0.830. The lowest BCUT2D eigenvalue weighted by Gasteiger charge is -2.37. The molecule has 13 heavy (non-hydrogen) atoms. The van der Waals surface area contributed by atoms with Gasteiger partial charge in [0, 0.05) is 12.0 Å². The normalized spacial score (nSPS) is 35.0. The largest absolute Gasteiger partial charge is 0.411 e. The molecule has 0 spiro atoms. The lowest BCUT2D eigenvalue weighted by Crippen LogP contribution is -2.37. The van der Waals surface area contributed by atoms with Crippen molar-refractivity contribution in [1.82, 2.24) is 0 Å². The quantitative estimate of drug-likeness (QED) is 0.297. The smallest absolute Gasteiger partial charge is 0.0605 e. The zero-order valence-electron chi connectivity index (χ0n) is 8.20. The highest BCUT2D eigenvalue weighted by molar-refractivity contribution is 5.87. The van der Waals surface area contributed by atoms with Crippen LogP contribution in [0, 0.1) is 11.3 Å². The van der Waals surface area contributed by atoms with Crippen LogP contribution < -0.4 is 0 Å². The zero-order valence-corrected chi connectivity index (χ0v) is 8.20. The monoisotopic (exact) mass is 183 g/mol. The summed E-state index contributed by atoms with van der Waals surface area (Å²) in [5.74, 6) is 0.174. The topological polar surface area (TPSA) is 52.8 Å². The molecular formula is C10H17NO2. The number of allylic oxidation sites excluding steroid dienone is 2. The summed E-state index contributed by atoms with van der Waals surface area (Å²) in [5.41, 5.74) is 0.522. The van der Waals surface area contributed by atoms with Gasteiger partial charge in [0.2, 0.25) is 0 Å². The molecule has 0 amide bonds. The van der Waals surface area contributed by atoms with Gasteiger partial charge in [0.05, 0.1) is 5.71 Å². The molecule has 0 fully saturated rings. The van der Waals surface area contributed by atoms with Crippen molar-refractivity contribution in [3.63, 3.8) is 0 Å². The van der Waals surface area contributed by atoms with Gasteiger partial charge in [-0.2, -0.15) is 0 Å². The van der Waals surface area contributed by atoms with E-state index < -0.39 is 0 Å². The van der Waals surface area contributed by atoms with Crippen LogP contribution in [-0.2, 0) is 0 Å². The number of hydrogen-bond donors (Lipinski definition) is 2. The van der Waals surface area contributed by atoms with Gasteiger partial charge in [-0.05, 0) is 25.7 Å². The summed E-state index contributed by atoms with van der Waals surface area (Å²) in [5, 5.41) is 21.2. The summed E-state index contributed by atoms with van der Waals surface area (Å²) < 4.78 is 0. The molecular weight excluding hydrogens is 166 g/mol. The van der Waals surface area contributed by atoms with Crippen molar-refractivity contribution in [3.05, 3.63) is 12.2 Å².